The Morgan fingerprint density at radius 3 is 2.64 bits per heavy atom. The number of carbonyl (C=O) groups excluding carboxylic acids is 1. The minimum atomic E-state index is -0.697. The number of fused-ring (bicyclic) bond motifs is 2. The third-order valence-corrected chi connectivity index (χ3v) is 7.27. The zero-order valence-electron chi connectivity index (χ0n) is 22.5. The molecule has 0 bridgehead atoms. The molecular weight excluding hydrogens is 516 g/mol. The van der Waals surface area contributed by atoms with Crippen LogP contribution in [0, 0.1) is 12.8 Å². The van der Waals surface area contributed by atoms with Gasteiger partial charge in [-0.3, -0.25) is 14.6 Å². The Labute approximate surface area is 232 Å². The van der Waals surface area contributed by atoms with Gasteiger partial charge in [-0.2, -0.15) is 0 Å². The van der Waals surface area contributed by atoms with E-state index in [2.05, 4.69) is 18.8 Å². The zero-order valence-corrected chi connectivity index (χ0v) is 23.2. The fourth-order valence-corrected chi connectivity index (χ4v) is 4.99. The number of carbonyl (C=O) groups is 1. The van der Waals surface area contributed by atoms with Crippen molar-refractivity contribution in [1.82, 2.24) is 9.88 Å². The Morgan fingerprint density at radius 2 is 1.92 bits per heavy atom. The van der Waals surface area contributed by atoms with E-state index in [0.717, 1.165) is 23.1 Å². The third-order valence-electron chi connectivity index (χ3n) is 6.86. The molecule has 0 radical (unpaired) electrons. The van der Waals surface area contributed by atoms with E-state index in [1.807, 2.05) is 44.2 Å². The number of benzene rings is 2. The Kier molecular flexibility index (Phi) is 7.62. The first-order chi connectivity index (χ1) is 18.8. The molecule has 7 nitrogen and oxygen atoms in total. The summed E-state index contributed by atoms with van der Waals surface area (Å²) in [5.74, 6) is 1.37. The summed E-state index contributed by atoms with van der Waals surface area (Å²) in [7, 11) is 0. The van der Waals surface area contributed by atoms with Gasteiger partial charge in [0.1, 0.15) is 5.58 Å². The van der Waals surface area contributed by atoms with E-state index in [1.165, 1.54) is 0 Å². The molecule has 1 amide bonds. The lowest BCUT2D eigenvalue weighted by molar-refractivity contribution is 0.0714. The van der Waals surface area contributed by atoms with Gasteiger partial charge in [-0.1, -0.05) is 37.6 Å². The number of pyridine rings is 1. The lowest BCUT2D eigenvalue weighted by atomic mass is 9.97. The molecule has 0 aliphatic carbocycles. The molecule has 1 unspecified atom stereocenters. The molecular formula is C31H31ClN2O5. The summed E-state index contributed by atoms with van der Waals surface area (Å²) in [4.78, 5) is 33.6. The second-order valence-electron chi connectivity index (χ2n) is 10.1. The fourth-order valence-electron chi connectivity index (χ4n) is 4.83. The smallest absolute Gasteiger partial charge is 0.291 e. The molecule has 0 N–H and O–H groups in total. The van der Waals surface area contributed by atoms with Gasteiger partial charge >= 0.3 is 0 Å². The molecule has 2 aromatic heterocycles. The molecule has 0 saturated carbocycles. The molecule has 39 heavy (non-hydrogen) atoms. The largest absolute Gasteiger partial charge is 0.490 e. The average Bonchev–Trinajstić information content (AvgIpc) is 3.18. The lowest BCUT2D eigenvalue weighted by Gasteiger charge is -2.26. The summed E-state index contributed by atoms with van der Waals surface area (Å²) in [6.45, 7) is 9.26. The highest BCUT2D eigenvalue weighted by Gasteiger charge is 2.43. The maximum atomic E-state index is 13.9. The molecule has 1 aliphatic heterocycles. The highest BCUT2D eigenvalue weighted by molar-refractivity contribution is 6.32. The van der Waals surface area contributed by atoms with Gasteiger partial charge in [0, 0.05) is 24.0 Å². The van der Waals surface area contributed by atoms with Crippen molar-refractivity contribution in [2.75, 3.05) is 13.2 Å². The summed E-state index contributed by atoms with van der Waals surface area (Å²) in [5.41, 5.74) is 2.65. The van der Waals surface area contributed by atoms with Crippen molar-refractivity contribution >= 4 is 28.5 Å². The number of nitrogens with zero attached hydrogens (tertiary/aromatic N) is 2. The van der Waals surface area contributed by atoms with Crippen LogP contribution < -0.4 is 14.9 Å². The molecule has 0 fully saturated rings. The quantitative estimate of drug-likeness (QED) is 0.232. The van der Waals surface area contributed by atoms with Gasteiger partial charge in [-0.05, 0) is 73.2 Å². The van der Waals surface area contributed by atoms with Gasteiger partial charge in [-0.15, -0.1) is 0 Å². The first-order valence-corrected chi connectivity index (χ1v) is 13.5. The van der Waals surface area contributed by atoms with E-state index in [-0.39, 0.29) is 29.2 Å². The standard InChI is InChI=1S/C31H31ClN2O5/c1-5-37-26-14-21(8-9-24(26)38-12-10-18(2)3)28-27-29(35)22-15-23(32)19(4)13-25(22)39-30(27)31(36)34(28)17-20-7-6-11-33-16-20/h6-9,11,13-16,18,28H,5,10,12,17H2,1-4H3. The topological polar surface area (TPSA) is 81.9 Å². The maximum absolute atomic E-state index is 13.9. The Hall–Kier alpha value is -3.84. The lowest BCUT2D eigenvalue weighted by Crippen LogP contribution is -2.29. The molecule has 8 heteroatoms. The van der Waals surface area contributed by atoms with Gasteiger partial charge in [0.2, 0.25) is 5.76 Å². The highest BCUT2D eigenvalue weighted by atomic mass is 35.5. The molecule has 0 spiro atoms. The van der Waals surface area contributed by atoms with Crippen molar-refractivity contribution in [3.63, 3.8) is 0 Å². The number of aryl methyl sites for hydroxylation is 1. The number of hydrogen-bond acceptors (Lipinski definition) is 6. The van der Waals surface area contributed by atoms with Crippen LogP contribution in [0.2, 0.25) is 5.02 Å². The summed E-state index contributed by atoms with van der Waals surface area (Å²) in [5, 5.41) is 0.799. The van der Waals surface area contributed by atoms with Crippen LogP contribution in [0.1, 0.15) is 66.0 Å². The van der Waals surface area contributed by atoms with Crippen LogP contribution in [0.25, 0.3) is 11.0 Å². The Bertz CT molecular complexity index is 1580. The Balaban J connectivity index is 1.66. The first kappa shape index (κ1) is 26.8. The fraction of sp³-hybridized carbons (Fsp3) is 0.323. The molecule has 5 rings (SSSR count). The molecule has 0 saturated heterocycles. The van der Waals surface area contributed by atoms with Gasteiger partial charge in [0.15, 0.2) is 16.9 Å². The number of hydrogen-bond donors (Lipinski definition) is 0. The normalized spacial score (nSPS) is 14.8. The van der Waals surface area contributed by atoms with Gasteiger partial charge in [-0.25, -0.2) is 0 Å². The minimum Gasteiger partial charge on any atom is -0.490 e. The van der Waals surface area contributed by atoms with Crippen molar-refractivity contribution in [2.24, 2.45) is 5.92 Å². The zero-order chi connectivity index (χ0) is 27.7. The van der Waals surface area contributed by atoms with Crippen molar-refractivity contribution in [3.8, 4) is 11.5 Å². The number of amides is 1. The van der Waals surface area contributed by atoms with E-state index in [0.29, 0.717) is 46.6 Å². The predicted molar refractivity (Wildman–Crippen MR) is 151 cm³/mol. The summed E-state index contributed by atoms with van der Waals surface area (Å²) < 4.78 is 18.1. The van der Waals surface area contributed by atoms with E-state index < -0.39 is 6.04 Å². The number of rotatable bonds is 9. The SMILES string of the molecule is CCOc1cc(C2c3c(oc4cc(C)c(Cl)cc4c3=O)C(=O)N2Cc2cccnc2)ccc1OCCC(C)C. The second kappa shape index (κ2) is 11.1. The molecule has 3 heterocycles. The summed E-state index contributed by atoms with van der Waals surface area (Å²) in [6, 6.07) is 11.9. The van der Waals surface area contributed by atoms with E-state index >= 15 is 0 Å². The molecule has 202 valence electrons. The van der Waals surface area contributed by atoms with Gasteiger partial charge < -0.3 is 18.8 Å². The van der Waals surface area contributed by atoms with Gasteiger partial charge in [0.25, 0.3) is 5.91 Å². The average molecular weight is 547 g/mol. The van der Waals surface area contributed by atoms with Crippen LogP contribution in [0.4, 0.5) is 0 Å². The third kappa shape index (κ3) is 5.23. The second-order valence-corrected chi connectivity index (χ2v) is 10.5. The number of halogens is 1. The van der Waals surface area contributed by atoms with Crippen molar-refractivity contribution in [2.45, 2.75) is 46.7 Å². The molecule has 1 aliphatic rings. The molecule has 4 aromatic rings. The monoisotopic (exact) mass is 546 g/mol. The van der Waals surface area contributed by atoms with Crippen LogP contribution in [0.5, 0.6) is 11.5 Å². The van der Waals surface area contributed by atoms with E-state index in [9.17, 15) is 9.59 Å². The molecule has 1 atom stereocenters. The van der Waals surface area contributed by atoms with Crippen LogP contribution in [-0.2, 0) is 6.54 Å². The van der Waals surface area contributed by atoms with Crippen LogP contribution >= 0.6 is 11.6 Å². The predicted octanol–water partition coefficient (Wildman–Crippen LogP) is 6.72. The molecule has 2 aromatic carbocycles. The number of aromatic nitrogens is 1. The summed E-state index contributed by atoms with van der Waals surface area (Å²) in [6.07, 6.45) is 4.30. The van der Waals surface area contributed by atoms with E-state index in [1.54, 1.807) is 29.4 Å². The van der Waals surface area contributed by atoms with Crippen LogP contribution in [-0.4, -0.2) is 29.0 Å². The minimum absolute atomic E-state index is 0.0401. The Morgan fingerprint density at radius 1 is 1.10 bits per heavy atom. The maximum Gasteiger partial charge on any atom is 0.291 e. The van der Waals surface area contributed by atoms with Crippen molar-refractivity contribution in [1.29, 1.82) is 0 Å². The highest BCUT2D eigenvalue weighted by Crippen LogP contribution is 2.42. The van der Waals surface area contributed by atoms with Crippen molar-refractivity contribution in [3.05, 3.63) is 98.1 Å². The number of ether oxygens (including phenoxy) is 2. The van der Waals surface area contributed by atoms with Crippen LogP contribution in [0.3, 0.4) is 0 Å². The van der Waals surface area contributed by atoms with Crippen molar-refractivity contribution < 1.29 is 18.7 Å². The van der Waals surface area contributed by atoms with E-state index in [4.69, 9.17) is 25.5 Å². The first-order valence-electron chi connectivity index (χ1n) is 13.1. The van der Waals surface area contributed by atoms with Crippen LogP contribution in [0.15, 0.2) is 64.1 Å². The summed E-state index contributed by atoms with van der Waals surface area (Å²) >= 11 is 6.37. The van der Waals surface area contributed by atoms with Gasteiger partial charge in [0.05, 0.1) is 30.2 Å².